The molecule has 1 unspecified atom stereocenters. The summed E-state index contributed by atoms with van der Waals surface area (Å²) < 4.78 is 18.5. The predicted octanol–water partition coefficient (Wildman–Crippen LogP) is 3.19. The zero-order chi connectivity index (χ0) is 20.8. The lowest BCUT2D eigenvalue weighted by molar-refractivity contribution is -0.123. The average molecular weight is 420 g/mol. The van der Waals surface area contributed by atoms with Crippen LogP contribution < -0.4 is 15.8 Å². The van der Waals surface area contributed by atoms with Gasteiger partial charge in [-0.2, -0.15) is 0 Å². The van der Waals surface area contributed by atoms with Crippen molar-refractivity contribution in [2.24, 2.45) is 11.7 Å². The van der Waals surface area contributed by atoms with Crippen LogP contribution in [0.1, 0.15) is 18.4 Å². The van der Waals surface area contributed by atoms with Gasteiger partial charge in [-0.05, 0) is 49.2 Å². The number of hydrogen-bond acceptors (Lipinski definition) is 4. The third-order valence-electron chi connectivity index (χ3n) is 4.81. The van der Waals surface area contributed by atoms with Crippen molar-refractivity contribution >= 4 is 29.1 Å². The SMILES string of the molecule is NC(=O)C1CCCN(Cc2ccc(NC(=O)COc3ccc(F)c(Cl)c3)cc2)C1. The molecule has 1 fully saturated rings. The van der Waals surface area contributed by atoms with Gasteiger partial charge in [0.1, 0.15) is 11.6 Å². The number of carbonyl (C=O) groups excluding carboxylic acids is 2. The molecule has 1 saturated heterocycles. The molecule has 0 aliphatic carbocycles. The summed E-state index contributed by atoms with van der Waals surface area (Å²) in [4.78, 5) is 25.7. The number of nitrogens with zero attached hydrogens (tertiary/aromatic N) is 1. The molecule has 0 aromatic heterocycles. The predicted molar refractivity (Wildman–Crippen MR) is 109 cm³/mol. The average Bonchev–Trinajstić information content (AvgIpc) is 2.70. The number of amides is 2. The van der Waals surface area contributed by atoms with Gasteiger partial charge in [-0.15, -0.1) is 0 Å². The molecule has 0 radical (unpaired) electrons. The number of primary amides is 1. The van der Waals surface area contributed by atoms with Gasteiger partial charge in [-0.25, -0.2) is 4.39 Å². The maximum Gasteiger partial charge on any atom is 0.262 e. The number of carbonyl (C=O) groups is 2. The maximum absolute atomic E-state index is 13.1. The molecule has 2 aromatic carbocycles. The van der Waals surface area contributed by atoms with E-state index >= 15 is 0 Å². The molecule has 0 spiro atoms. The second-order valence-corrected chi connectivity index (χ2v) is 7.49. The summed E-state index contributed by atoms with van der Waals surface area (Å²) in [5.41, 5.74) is 7.16. The van der Waals surface area contributed by atoms with Crippen LogP contribution in [0.4, 0.5) is 10.1 Å². The molecule has 0 saturated carbocycles. The first kappa shape index (κ1) is 21.1. The van der Waals surface area contributed by atoms with E-state index in [2.05, 4.69) is 10.2 Å². The molecule has 3 rings (SSSR count). The van der Waals surface area contributed by atoms with Crippen molar-refractivity contribution < 1.29 is 18.7 Å². The van der Waals surface area contributed by atoms with E-state index in [0.29, 0.717) is 18.0 Å². The van der Waals surface area contributed by atoms with E-state index in [1.54, 1.807) is 0 Å². The van der Waals surface area contributed by atoms with Crippen LogP contribution in [0.15, 0.2) is 42.5 Å². The van der Waals surface area contributed by atoms with Gasteiger partial charge < -0.3 is 15.8 Å². The third kappa shape index (κ3) is 6.17. The fourth-order valence-corrected chi connectivity index (χ4v) is 3.47. The molecule has 2 aromatic rings. The van der Waals surface area contributed by atoms with Gasteiger partial charge in [-0.3, -0.25) is 14.5 Å². The number of nitrogens with two attached hydrogens (primary N) is 1. The van der Waals surface area contributed by atoms with Crippen LogP contribution in [-0.2, 0) is 16.1 Å². The van der Waals surface area contributed by atoms with Crippen molar-refractivity contribution in [3.63, 3.8) is 0 Å². The Kier molecular flexibility index (Phi) is 7.06. The molecule has 154 valence electrons. The number of nitrogens with one attached hydrogen (secondary N) is 1. The van der Waals surface area contributed by atoms with Gasteiger partial charge in [0.25, 0.3) is 5.91 Å². The smallest absolute Gasteiger partial charge is 0.262 e. The van der Waals surface area contributed by atoms with Crippen LogP contribution >= 0.6 is 11.6 Å². The fourth-order valence-electron chi connectivity index (χ4n) is 3.30. The number of ether oxygens (including phenoxy) is 1. The van der Waals surface area contributed by atoms with Gasteiger partial charge in [0.2, 0.25) is 5.91 Å². The first-order valence-electron chi connectivity index (χ1n) is 9.39. The lowest BCUT2D eigenvalue weighted by Crippen LogP contribution is -2.40. The van der Waals surface area contributed by atoms with E-state index in [-0.39, 0.29) is 29.4 Å². The number of likely N-dealkylation sites (tertiary alicyclic amines) is 1. The topological polar surface area (TPSA) is 84.7 Å². The molecule has 0 bridgehead atoms. The summed E-state index contributed by atoms with van der Waals surface area (Å²) in [5, 5.41) is 2.68. The van der Waals surface area contributed by atoms with Crippen molar-refractivity contribution in [2.45, 2.75) is 19.4 Å². The largest absolute Gasteiger partial charge is 0.484 e. The third-order valence-corrected chi connectivity index (χ3v) is 5.10. The van der Waals surface area contributed by atoms with Crippen LogP contribution in [0, 0.1) is 11.7 Å². The van der Waals surface area contributed by atoms with E-state index in [0.717, 1.165) is 31.5 Å². The quantitative estimate of drug-likeness (QED) is 0.721. The zero-order valence-corrected chi connectivity index (χ0v) is 16.6. The minimum Gasteiger partial charge on any atom is -0.484 e. The van der Waals surface area contributed by atoms with Gasteiger partial charge in [0.05, 0.1) is 10.9 Å². The highest BCUT2D eigenvalue weighted by atomic mass is 35.5. The van der Waals surface area contributed by atoms with E-state index in [1.807, 2.05) is 24.3 Å². The van der Waals surface area contributed by atoms with Gasteiger partial charge >= 0.3 is 0 Å². The van der Waals surface area contributed by atoms with Crippen molar-refractivity contribution in [1.82, 2.24) is 4.90 Å². The minimum absolute atomic E-state index is 0.0608. The van der Waals surface area contributed by atoms with E-state index in [9.17, 15) is 14.0 Å². The molecule has 3 N–H and O–H groups in total. The molecule has 1 atom stereocenters. The standard InChI is InChI=1S/C21H23ClFN3O3/c22-18-10-17(7-8-19(18)23)29-13-20(27)25-16-5-3-14(4-6-16)11-26-9-1-2-15(12-26)21(24)28/h3-8,10,15H,1-2,9,11-13H2,(H2,24,28)(H,25,27). The Morgan fingerprint density at radius 3 is 2.69 bits per heavy atom. The first-order chi connectivity index (χ1) is 13.9. The van der Waals surface area contributed by atoms with Gasteiger partial charge in [-0.1, -0.05) is 23.7 Å². The normalized spacial score (nSPS) is 17.0. The monoisotopic (exact) mass is 419 g/mol. The second kappa shape index (κ2) is 9.71. The first-order valence-corrected chi connectivity index (χ1v) is 9.77. The molecule has 1 aliphatic rings. The summed E-state index contributed by atoms with van der Waals surface area (Å²) in [7, 11) is 0. The van der Waals surface area contributed by atoms with Crippen molar-refractivity contribution in [2.75, 3.05) is 25.0 Å². The molecule has 2 amide bonds. The van der Waals surface area contributed by atoms with Crippen molar-refractivity contribution in [3.8, 4) is 5.75 Å². The highest BCUT2D eigenvalue weighted by Crippen LogP contribution is 2.21. The van der Waals surface area contributed by atoms with E-state index in [4.69, 9.17) is 22.1 Å². The maximum atomic E-state index is 13.1. The Morgan fingerprint density at radius 1 is 1.24 bits per heavy atom. The Morgan fingerprint density at radius 2 is 2.00 bits per heavy atom. The molecule has 29 heavy (non-hydrogen) atoms. The highest BCUT2D eigenvalue weighted by molar-refractivity contribution is 6.30. The molecular formula is C21H23ClFN3O3. The number of hydrogen-bond donors (Lipinski definition) is 2. The van der Waals surface area contributed by atoms with Crippen LogP contribution in [0.5, 0.6) is 5.75 Å². The number of piperidine rings is 1. The number of benzene rings is 2. The van der Waals surface area contributed by atoms with Crippen LogP contribution in [0.25, 0.3) is 0 Å². The van der Waals surface area contributed by atoms with Crippen molar-refractivity contribution in [3.05, 3.63) is 58.9 Å². The lowest BCUT2D eigenvalue weighted by Gasteiger charge is -2.31. The van der Waals surface area contributed by atoms with Crippen molar-refractivity contribution in [1.29, 1.82) is 0 Å². The molecule has 8 heteroatoms. The second-order valence-electron chi connectivity index (χ2n) is 7.09. The van der Waals surface area contributed by atoms with Gasteiger partial charge in [0.15, 0.2) is 6.61 Å². The molecule has 1 heterocycles. The summed E-state index contributed by atoms with van der Waals surface area (Å²) >= 11 is 5.69. The summed E-state index contributed by atoms with van der Waals surface area (Å²) in [5.74, 6) is -0.884. The highest BCUT2D eigenvalue weighted by Gasteiger charge is 2.23. The Labute approximate surface area is 173 Å². The number of rotatable bonds is 7. The number of anilines is 1. The van der Waals surface area contributed by atoms with Crippen LogP contribution in [-0.4, -0.2) is 36.4 Å². The number of halogens is 2. The molecule has 6 nitrogen and oxygen atoms in total. The van der Waals surface area contributed by atoms with E-state index in [1.165, 1.54) is 18.2 Å². The van der Waals surface area contributed by atoms with Crippen LogP contribution in [0.3, 0.4) is 0 Å². The Hall–Kier alpha value is -2.64. The van der Waals surface area contributed by atoms with Gasteiger partial charge in [0, 0.05) is 24.8 Å². The summed E-state index contributed by atoms with van der Waals surface area (Å²) in [6.07, 6.45) is 1.81. The zero-order valence-electron chi connectivity index (χ0n) is 15.9. The lowest BCUT2D eigenvalue weighted by atomic mass is 9.97. The fraction of sp³-hybridized carbons (Fsp3) is 0.333. The Bertz CT molecular complexity index is 876. The van der Waals surface area contributed by atoms with E-state index < -0.39 is 5.82 Å². The molecule has 1 aliphatic heterocycles. The summed E-state index contributed by atoms with van der Waals surface area (Å²) in [6, 6.07) is 11.4. The summed E-state index contributed by atoms with van der Waals surface area (Å²) in [6.45, 7) is 2.13. The Balaban J connectivity index is 1.47. The molecular weight excluding hydrogens is 397 g/mol. The van der Waals surface area contributed by atoms with Crippen LogP contribution in [0.2, 0.25) is 5.02 Å². The minimum atomic E-state index is -0.543.